The average molecular weight is 275 g/mol. The van der Waals surface area contributed by atoms with Crippen LogP contribution in [0.4, 0.5) is 5.69 Å². The number of primary amides is 1. The lowest BCUT2D eigenvalue weighted by Gasteiger charge is -2.32. The molecule has 0 radical (unpaired) electrons. The molecule has 20 heavy (non-hydrogen) atoms. The van der Waals surface area contributed by atoms with Crippen LogP contribution in [0.5, 0.6) is 0 Å². The van der Waals surface area contributed by atoms with Crippen molar-refractivity contribution >= 4 is 17.5 Å². The minimum Gasteiger partial charge on any atom is -0.368 e. The van der Waals surface area contributed by atoms with Crippen LogP contribution < -0.4 is 11.1 Å². The van der Waals surface area contributed by atoms with E-state index in [2.05, 4.69) is 5.32 Å². The molecule has 3 N–H and O–H groups in total. The predicted molar refractivity (Wildman–Crippen MR) is 78.2 cm³/mol. The molecule has 1 aliphatic rings. The fourth-order valence-corrected chi connectivity index (χ4v) is 2.59. The Morgan fingerprint density at radius 3 is 2.80 bits per heavy atom. The number of benzene rings is 1. The van der Waals surface area contributed by atoms with Gasteiger partial charge in [-0.15, -0.1) is 0 Å². The minimum absolute atomic E-state index is 0.104. The van der Waals surface area contributed by atoms with E-state index in [0.29, 0.717) is 0 Å². The molecule has 2 amide bonds. The van der Waals surface area contributed by atoms with E-state index in [-0.39, 0.29) is 24.4 Å². The molecular formula is C15H21N3O2. The van der Waals surface area contributed by atoms with E-state index < -0.39 is 0 Å². The molecule has 0 saturated carbocycles. The quantitative estimate of drug-likeness (QED) is 0.869. The molecule has 1 aromatic carbocycles. The van der Waals surface area contributed by atoms with Crippen molar-refractivity contribution < 1.29 is 9.59 Å². The van der Waals surface area contributed by atoms with Crippen molar-refractivity contribution in [2.24, 2.45) is 5.73 Å². The van der Waals surface area contributed by atoms with Crippen molar-refractivity contribution in [3.8, 4) is 0 Å². The fourth-order valence-electron chi connectivity index (χ4n) is 2.59. The molecule has 1 saturated heterocycles. The molecule has 5 nitrogen and oxygen atoms in total. The molecule has 1 aliphatic heterocycles. The van der Waals surface area contributed by atoms with Crippen LogP contribution in [0.2, 0.25) is 0 Å². The number of hydrogen-bond donors (Lipinski definition) is 2. The number of amides is 2. The maximum absolute atomic E-state index is 12.1. The van der Waals surface area contributed by atoms with Crippen molar-refractivity contribution in [3.63, 3.8) is 0 Å². The third-order valence-corrected chi connectivity index (χ3v) is 3.71. The second kappa shape index (κ2) is 6.52. The Morgan fingerprint density at radius 1 is 1.35 bits per heavy atom. The first-order valence-corrected chi connectivity index (χ1v) is 6.97. The zero-order valence-electron chi connectivity index (χ0n) is 11.8. The Balaban J connectivity index is 1.96. The Labute approximate surface area is 119 Å². The second-order valence-electron chi connectivity index (χ2n) is 5.25. The van der Waals surface area contributed by atoms with Crippen molar-refractivity contribution in [1.82, 2.24) is 4.90 Å². The van der Waals surface area contributed by atoms with Crippen LogP contribution in [0.15, 0.2) is 24.3 Å². The van der Waals surface area contributed by atoms with Gasteiger partial charge in [0, 0.05) is 5.69 Å². The summed E-state index contributed by atoms with van der Waals surface area (Å²) in [6, 6.07) is 7.32. The summed E-state index contributed by atoms with van der Waals surface area (Å²) in [5, 5.41) is 2.88. The number of likely N-dealkylation sites (tertiary alicyclic amines) is 1. The van der Waals surface area contributed by atoms with Crippen LogP contribution in [0.1, 0.15) is 24.8 Å². The van der Waals surface area contributed by atoms with Gasteiger partial charge in [0.2, 0.25) is 11.8 Å². The standard InChI is InChI=1S/C15H21N3O2/c1-11-6-2-3-7-12(11)17-14(19)10-18-9-5-4-8-13(18)15(16)20/h2-3,6-7,13H,4-5,8-10H2,1H3,(H2,16,20)(H,17,19)/t13-/m0/s1. The summed E-state index contributed by atoms with van der Waals surface area (Å²) in [4.78, 5) is 25.4. The van der Waals surface area contributed by atoms with Crippen LogP contribution in [-0.2, 0) is 9.59 Å². The van der Waals surface area contributed by atoms with Gasteiger partial charge in [-0.1, -0.05) is 24.6 Å². The Bertz CT molecular complexity index is 502. The van der Waals surface area contributed by atoms with Gasteiger partial charge in [0.1, 0.15) is 0 Å². The number of piperidine rings is 1. The van der Waals surface area contributed by atoms with E-state index in [1.165, 1.54) is 0 Å². The summed E-state index contributed by atoms with van der Waals surface area (Å²) in [6.45, 7) is 2.90. The van der Waals surface area contributed by atoms with Gasteiger partial charge in [0.15, 0.2) is 0 Å². The molecule has 1 heterocycles. The predicted octanol–water partition coefficient (Wildman–Crippen LogP) is 1.27. The van der Waals surface area contributed by atoms with Crippen LogP contribution in [0.25, 0.3) is 0 Å². The van der Waals surface area contributed by atoms with Gasteiger partial charge >= 0.3 is 0 Å². The number of carbonyl (C=O) groups excluding carboxylic acids is 2. The van der Waals surface area contributed by atoms with Gasteiger partial charge in [0.05, 0.1) is 12.6 Å². The SMILES string of the molecule is Cc1ccccc1NC(=O)CN1CCCC[C@H]1C(N)=O. The third kappa shape index (κ3) is 3.57. The third-order valence-electron chi connectivity index (χ3n) is 3.71. The lowest BCUT2D eigenvalue weighted by Crippen LogP contribution is -2.50. The lowest BCUT2D eigenvalue weighted by atomic mass is 10.0. The maximum atomic E-state index is 12.1. The molecule has 0 unspecified atom stereocenters. The molecule has 1 atom stereocenters. The van der Waals surface area contributed by atoms with Gasteiger partial charge in [0.25, 0.3) is 0 Å². The first-order chi connectivity index (χ1) is 9.58. The Kier molecular flexibility index (Phi) is 4.74. The first-order valence-electron chi connectivity index (χ1n) is 6.97. The summed E-state index contributed by atoms with van der Waals surface area (Å²) in [6.07, 6.45) is 2.73. The molecule has 1 fully saturated rings. The Morgan fingerprint density at radius 2 is 2.10 bits per heavy atom. The summed E-state index contributed by atoms with van der Waals surface area (Å²) >= 11 is 0. The van der Waals surface area contributed by atoms with E-state index in [4.69, 9.17) is 5.73 Å². The summed E-state index contributed by atoms with van der Waals surface area (Å²) < 4.78 is 0. The molecule has 1 aromatic rings. The zero-order chi connectivity index (χ0) is 14.5. The van der Waals surface area contributed by atoms with Gasteiger partial charge in [-0.3, -0.25) is 14.5 Å². The van der Waals surface area contributed by atoms with Gasteiger partial charge in [-0.25, -0.2) is 0 Å². The highest BCUT2D eigenvalue weighted by Gasteiger charge is 2.28. The highest BCUT2D eigenvalue weighted by Crippen LogP contribution is 2.17. The molecule has 0 aliphatic carbocycles. The van der Waals surface area contributed by atoms with Crippen LogP contribution in [0, 0.1) is 6.92 Å². The second-order valence-corrected chi connectivity index (χ2v) is 5.25. The smallest absolute Gasteiger partial charge is 0.238 e. The van der Waals surface area contributed by atoms with E-state index >= 15 is 0 Å². The van der Waals surface area contributed by atoms with Crippen molar-refractivity contribution in [2.75, 3.05) is 18.4 Å². The summed E-state index contributed by atoms with van der Waals surface area (Å²) in [7, 11) is 0. The number of aryl methyl sites for hydroxylation is 1. The number of para-hydroxylation sites is 1. The number of hydrogen-bond acceptors (Lipinski definition) is 3. The molecule has 108 valence electrons. The number of rotatable bonds is 4. The number of nitrogens with one attached hydrogen (secondary N) is 1. The number of nitrogens with two attached hydrogens (primary N) is 1. The number of nitrogens with zero attached hydrogens (tertiary/aromatic N) is 1. The van der Waals surface area contributed by atoms with E-state index in [1.54, 1.807) is 0 Å². The Hall–Kier alpha value is -1.88. The van der Waals surface area contributed by atoms with Gasteiger partial charge < -0.3 is 11.1 Å². The number of anilines is 1. The average Bonchev–Trinajstić information content (AvgIpc) is 2.41. The van der Waals surface area contributed by atoms with Crippen LogP contribution in [0.3, 0.4) is 0 Å². The largest absolute Gasteiger partial charge is 0.368 e. The zero-order valence-corrected chi connectivity index (χ0v) is 11.8. The van der Waals surface area contributed by atoms with E-state index in [9.17, 15) is 9.59 Å². The lowest BCUT2D eigenvalue weighted by molar-refractivity contribution is -0.126. The van der Waals surface area contributed by atoms with Crippen LogP contribution in [-0.4, -0.2) is 35.8 Å². The van der Waals surface area contributed by atoms with Crippen LogP contribution >= 0.6 is 0 Å². The van der Waals surface area contributed by atoms with Gasteiger partial charge in [-0.05, 0) is 37.9 Å². The molecule has 0 aromatic heterocycles. The molecule has 0 spiro atoms. The molecule has 5 heteroatoms. The van der Waals surface area contributed by atoms with Crippen molar-refractivity contribution in [1.29, 1.82) is 0 Å². The van der Waals surface area contributed by atoms with Crippen molar-refractivity contribution in [2.45, 2.75) is 32.2 Å². The van der Waals surface area contributed by atoms with Crippen molar-refractivity contribution in [3.05, 3.63) is 29.8 Å². The molecule has 2 rings (SSSR count). The highest BCUT2D eigenvalue weighted by molar-refractivity contribution is 5.93. The summed E-state index contributed by atoms with van der Waals surface area (Å²) in [5.41, 5.74) is 7.23. The first kappa shape index (κ1) is 14.5. The normalized spacial score (nSPS) is 19.6. The topological polar surface area (TPSA) is 75.4 Å². The molecule has 0 bridgehead atoms. The fraction of sp³-hybridized carbons (Fsp3) is 0.467. The van der Waals surface area contributed by atoms with E-state index in [0.717, 1.165) is 37.1 Å². The van der Waals surface area contributed by atoms with E-state index in [1.807, 2.05) is 36.1 Å². The van der Waals surface area contributed by atoms with Gasteiger partial charge in [-0.2, -0.15) is 0 Å². The maximum Gasteiger partial charge on any atom is 0.238 e. The monoisotopic (exact) mass is 275 g/mol. The minimum atomic E-state index is -0.339. The number of carbonyl (C=O) groups is 2. The molecular weight excluding hydrogens is 254 g/mol. The summed E-state index contributed by atoms with van der Waals surface area (Å²) in [5.74, 6) is -0.444. The highest BCUT2D eigenvalue weighted by atomic mass is 16.2.